The Morgan fingerprint density at radius 2 is 2.00 bits per heavy atom. The van der Waals surface area contributed by atoms with Crippen LogP contribution in [0.4, 0.5) is 0 Å². The summed E-state index contributed by atoms with van der Waals surface area (Å²) in [5.74, 6) is -1.71. The first kappa shape index (κ1) is 22.2. The van der Waals surface area contributed by atoms with Crippen LogP contribution in [-0.2, 0) is 23.6 Å². The number of carbonyl (C=O) groups excluding carboxylic acids is 2. The van der Waals surface area contributed by atoms with Gasteiger partial charge in [-0.3, -0.25) is 9.78 Å². The van der Waals surface area contributed by atoms with Gasteiger partial charge in [0.15, 0.2) is 0 Å². The van der Waals surface area contributed by atoms with Gasteiger partial charge in [0.2, 0.25) is 0 Å². The number of nitrogens with two attached hydrogens (primary N) is 1. The van der Waals surface area contributed by atoms with E-state index < -0.39 is 5.97 Å². The number of ketones is 1. The second kappa shape index (κ2) is 10.6. The van der Waals surface area contributed by atoms with Crippen LogP contribution in [0, 0.1) is 6.92 Å². The van der Waals surface area contributed by atoms with Gasteiger partial charge < -0.3 is 31.3 Å². The number of Topliss-reactive ketones (excluding diaryl/α,β-unsaturated/α-hetero) is 1. The fraction of sp³-hybridized carbons (Fsp3) is 0.231. The molecule has 123 valence electrons. The molecule has 2 heterocycles. The Morgan fingerprint density at radius 3 is 2.27 bits per heavy atom. The van der Waals surface area contributed by atoms with E-state index in [1.807, 2.05) is 18.2 Å². The molecular weight excluding hydrogens is 340 g/mol. The Balaban J connectivity index is 0. The number of aromatic nitrogens is 3. The van der Waals surface area contributed by atoms with Gasteiger partial charge in [0.1, 0.15) is 5.78 Å². The number of hydrogen-bond acceptors (Lipinski definition) is 6. The number of aromatic carboxylic acids is 1. The summed E-state index contributed by atoms with van der Waals surface area (Å²) >= 11 is 0. The van der Waals surface area contributed by atoms with E-state index in [1.165, 1.54) is 13.8 Å². The van der Waals surface area contributed by atoms with Crippen molar-refractivity contribution >= 4 is 11.8 Å². The minimum absolute atomic E-state index is 0. The minimum atomic E-state index is -1.41. The van der Waals surface area contributed by atoms with Gasteiger partial charge in [-0.25, -0.2) is 0 Å². The molecule has 0 amide bonds. The van der Waals surface area contributed by atoms with Crippen LogP contribution in [-0.4, -0.2) is 27.3 Å². The first-order chi connectivity index (χ1) is 9.47. The summed E-state index contributed by atoms with van der Waals surface area (Å²) < 4.78 is 0. The van der Waals surface area contributed by atoms with E-state index in [2.05, 4.69) is 15.2 Å². The quantitative estimate of drug-likeness (QED) is 0.525. The van der Waals surface area contributed by atoms with E-state index in [0.29, 0.717) is 6.54 Å². The maximum atomic E-state index is 10.8. The van der Waals surface area contributed by atoms with Gasteiger partial charge in [-0.2, -0.15) is 0 Å². The Labute approximate surface area is 137 Å². The molecule has 2 rings (SSSR count). The van der Waals surface area contributed by atoms with Crippen LogP contribution in [0.5, 0.6) is 0 Å². The van der Waals surface area contributed by atoms with Crippen LogP contribution in [0.25, 0.3) is 0 Å². The van der Waals surface area contributed by atoms with Crippen LogP contribution in [0.2, 0.25) is 0 Å². The summed E-state index contributed by atoms with van der Waals surface area (Å²) in [5, 5.41) is 17.1. The molecule has 0 aliphatic carbocycles. The summed E-state index contributed by atoms with van der Waals surface area (Å²) in [6, 6.07) is 5.70. The summed E-state index contributed by atoms with van der Waals surface area (Å²) in [6.45, 7) is 3.30. The third-order valence-corrected chi connectivity index (χ3v) is 2.42. The van der Waals surface area contributed by atoms with Crippen molar-refractivity contribution in [3.63, 3.8) is 0 Å². The molecule has 2 aromatic rings. The normalized spacial score (nSPS) is 8.68. The molecule has 0 atom stereocenters. The first-order valence-electron chi connectivity index (χ1n) is 5.79. The van der Waals surface area contributed by atoms with E-state index >= 15 is 0 Å². The van der Waals surface area contributed by atoms with Gasteiger partial charge >= 0.3 is 17.1 Å². The van der Waals surface area contributed by atoms with Crippen molar-refractivity contribution in [1.82, 2.24) is 15.2 Å². The van der Waals surface area contributed by atoms with Crippen LogP contribution in [0.15, 0.2) is 24.4 Å². The zero-order valence-electron chi connectivity index (χ0n) is 12.0. The van der Waals surface area contributed by atoms with Crippen LogP contribution >= 0.6 is 0 Å². The van der Waals surface area contributed by atoms with Gasteiger partial charge in [-0.15, -0.1) is 0 Å². The number of carbonyl (C=O) groups is 2. The molecule has 0 bridgehead atoms. The smallest absolute Gasteiger partial charge is 0.572 e. The first-order valence-corrected chi connectivity index (χ1v) is 5.79. The maximum absolute atomic E-state index is 10.8. The number of carboxylic acids is 1. The molecule has 0 saturated heterocycles. The van der Waals surface area contributed by atoms with E-state index in [4.69, 9.17) is 5.73 Å². The number of rotatable bonds is 3. The molecule has 0 aliphatic rings. The molecule has 0 fully saturated rings. The second-order valence-corrected chi connectivity index (χ2v) is 3.89. The molecule has 1 radical (unpaired) electrons. The number of carboxylic acid groups (broad SMARTS) is 1. The van der Waals surface area contributed by atoms with Crippen LogP contribution in [0.3, 0.4) is 0 Å². The zero-order valence-corrected chi connectivity index (χ0v) is 12.9. The predicted octanol–water partition coefficient (Wildman–Crippen LogP) is -1.37. The Morgan fingerprint density at radius 1 is 1.36 bits per heavy atom. The molecule has 0 unspecified atom stereocenters. The van der Waals surface area contributed by atoms with Crippen molar-refractivity contribution in [3.8, 4) is 0 Å². The summed E-state index contributed by atoms with van der Waals surface area (Å²) in [5.41, 5.74) is 6.32. The predicted molar refractivity (Wildman–Crippen MR) is 72.4 cm³/mol. The molecule has 2 aromatic heterocycles. The van der Waals surface area contributed by atoms with Gasteiger partial charge in [0.05, 0.1) is 17.4 Å². The molecule has 8 nitrogen and oxygen atoms in total. The standard InChI is InChI=1S/C7H8N2O3.C6H8N2.Cu.H2O/c1-3-5(4(2)10)8-9-6(3)7(11)12;7-5-6-3-1-2-4-8-6;;/h1-2H3,(H2,8,9,10,11,12);1-4H,5,7H2;;1H2/q;;+2;/p-2. The van der Waals surface area contributed by atoms with Gasteiger partial charge in [-0.05, 0) is 31.5 Å². The third-order valence-electron chi connectivity index (χ3n) is 2.42. The molecule has 4 N–H and O–H groups in total. The van der Waals surface area contributed by atoms with Crippen molar-refractivity contribution in [2.75, 3.05) is 0 Å². The van der Waals surface area contributed by atoms with E-state index in [0.717, 1.165) is 5.69 Å². The Bertz CT molecular complexity index is 570. The molecule has 22 heavy (non-hydrogen) atoms. The van der Waals surface area contributed by atoms with E-state index in [-0.39, 0.29) is 45.3 Å². The molecule has 0 saturated carbocycles. The fourth-order valence-corrected chi connectivity index (χ4v) is 1.41. The average Bonchev–Trinajstić information content (AvgIpc) is 2.82. The zero-order chi connectivity index (χ0) is 15.1. The van der Waals surface area contributed by atoms with Crippen molar-refractivity contribution < 1.29 is 37.2 Å². The molecule has 0 spiro atoms. The topological polar surface area (TPSA) is 155 Å². The van der Waals surface area contributed by atoms with Crippen molar-refractivity contribution in [2.45, 2.75) is 20.4 Å². The van der Waals surface area contributed by atoms with Gasteiger partial charge in [0.25, 0.3) is 0 Å². The van der Waals surface area contributed by atoms with Crippen LogP contribution in [0.1, 0.15) is 39.2 Å². The minimum Gasteiger partial charge on any atom is -0.572 e. The monoisotopic (exact) mass is 355 g/mol. The Kier molecular flexibility index (Phi) is 10.7. The summed E-state index contributed by atoms with van der Waals surface area (Å²) in [6.07, 6.45) is 1.74. The molecular formula is C13H16CuN4O4. The Hall–Kier alpha value is -2.06. The van der Waals surface area contributed by atoms with Crippen LogP contribution < -0.4 is 15.9 Å². The molecule has 0 aromatic carbocycles. The maximum Gasteiger partial charge on any atom is 2.00 e. The SMILES string of the molecule is CC(=O)c1[n-]nc(C(=O)[O-])c1C.NCc1ccccn1.O.[Cu+2]. The van der Waals surface area contributed by atoms with Gasteiger partial charge in [0, 0.05) is 12.7 Å². The second-order valence-electron chi connectivity index (χ2n) is 3.89. The van der Waals surface area contributed by atoms with Crippen molar-refractivity contribution in [3.05, 3.63) is 47.0 Å². The number of nitrogens with zero attached hydrogens (tertiary/aromatic N) is 3. The average molecular weight is 356 g/mol. The number of hydrogen-bond donors (Lipinski definition) is 1. The molecule has 0 aliphatic heterocycles. The van der Waals surface area contributed by atoms with Gasteiger partial charge in [-0.1, -0.05) is 11.8 Å². The third kappa shape index (κ3) is 6.15. The van der Waals surface area contributed by atoms with Crippen molar-refractivity contribution in [1.29, 1.82) is 0 Å². The van der Waals surface area contributed by atoms with Crippen molar-refractivity contribution in [2.24, 2.45) is 5.73 Å². The van der Waals surface area contributed by atoms with E-state index in [1.54, 1.807) is 6.20 Å². The largest absolute Gasteiger partial charge is 2.00 e. The summed E-state index contributed by atoms with van der Waals surface area (Å²) in [4.78, 5) is 25.1. The number of pyridine rings is 1. The van der Waals surface area contributed by atoms with E-state index in [9.17, 15) is 14.7 Å². The molecule has 9 heteroatoms. The fourth-order valence-electron chi connectivity index (χ4n) is 1.41. The summed E-state index contributed by atoms with van der Waals surface area (Å²) in [7, 11) is 0.